The van der Waals surface area contributed by atoms with E-state index >= 15 is 0 Å². The lowest BCUT2D eigenvalue weighted by Crippen LogP contribution is -2.26. The highest BCUT2D eigenvalue weighted by Gasteiger charge is 2.20. The number of nitrogens with one attached hydrogen (secondary N) is 2. The van der Waals surface area contributed by atoms with Gasteiger partial charge in [-0.1, -0.05) is 29.1 Å². The van der Waals surface area contributed by atoms with Crippen LogP contribution in [0.3, 0.4) is 0 Å². The third-order valence-electron chi connectivity index (χ3n) is 4.79. The van der Waals surface area contributed by atoms with Crippen molar-refractivity contribution in [1.82, 2.24) is 29.3 Å². The molecule has 0 amide bonds. The number of aromatic nitrogens is 6. The molecule has 10 nitrogen and oxygen atoms in total. The summed E-state index contributed by atoms with van der Waals surface area (Å²) in [7, 11) is 0. The maximum Gasteiger partial charge on any atom is 0.350 e. The summed E-state index contributed by atoms with van der Waals surface area (Å²) in [5, 5.41) is 11.2. The molecule has 0 unspecified atom stereocenters. The topological polar surface area (TPSA) is 112 Å². The maximum atomic E-state index is 12.5. The highest BCUT2D eigenvalue weighted by Crippen LogP contribution is 2.32. The number of hydrogen-bond acceptors (Lipinski definition) is 8. The molecule has 0 fully saturated rings. The van der Waals surface area contributed by atoms with E-state index in [-0.39, 0.29) is 17.6 Å². The van der Waals surface area contributed by atoms with Crippen molar-refractivity contribution < 1.29 is 4.74 Å². The molecule has 3 aromatic rings. The number of aryl methyl sites for hydroxylation is 1. The molecule has 0 radical (unpaired) electrons. The zero-order valence-corrected chi connectivity index (χ0v) is 21.6. The van der Waals surface area contributed by atoms with E-state index in [2.05, 4.69) is 36.6 Å². The van der Waals surface area contributed by atoms with Gasteiger partial charge < -0.3 is 15.4 Å². The van der Waals surface area contributed by atoms with Crippen LogP contribution in [0, 0.1) is 12.3 Å². The number of nitrogens with zero attached hydrogens (tertiary/aromatic N) is 6. The molecular formula is C22H25Cl3N8O2. The summed E-state index contributed by atoms with van der Waals surface area (Å²) in [4.78, 5) is 24.4. The molecule has 2 aromatic heterocycles. The summed E-state index contributed by atoms with van der Waals surface area (Å²) in [6, 6.07) is 3.11. The normalized spacial score (nSPS) is 12.1. The zero-order chi connectivity index (χ0) is 25.4. The Kier molecular flexibility index (Phi) is 9.60. The number of terminal acetylenes is 1. The molecular weight excluding hydrogens is 515 g/mol. The fraction of sp³-hybridized carbons (Fsp3) is 0.409. The predicted octanol–water partition coefficient (Wildman–Crippen LogP) is 4.08. The quantitative estimate of drug-likeness (QED) is 0.432. The summed E-state index contributed by atoms with van der Waals surface area (Å²) in [6.45, 7) is 6.20. The van der Waals surface area contributed by atoms with E-state index in [1.807, 2.05) is 13.8 Å². The van der Waals surface area contributed by atoms with Gasteiger partial charge in [-0.25, -0.2) is 4.79 Å². The van der Waals surface area contributed by atoms with E-state index in [0.29, 0.717) is 39.9 Å². The highest BCUT2D eigenvalue weighted by molar-refractivity contribution is 6.36. The molecule has 13 heteroatoms. The van der Waals surface area contributed by atoms with Crippen LogP contribution in [0.5, 0.6) is 5.75 Å². The molecule has 4 rings (SSSR count). The van der Waals surface area contributed by atoms with E-state index < -0.39 is 0 Å². The van der Waals surface area contributed by atoms with Crippen LogP contribution in [0.15, 0.2) is 16.9 Å². The summed E-state index contributed by atoms with van der Waals surface area (Å²) in [6.07, 6.45) is 7.97. The number of anilines is 2. The second kappa shape index (κ2) is 12.6. The van der Waals surface area contributed by atoms with Crippen molar-refractivity contribution in [3.8, 4) is 23.8 Å². The average Bonchev–Trinajstić information content (AvgIpc) is 3.15. The molecule has 186 valence electrons. The molecule has 0 atom stereocenters. The van der Waals surface area contributed by atoms with Crippen molar-refractivity contribution >= 4 is 46.7 Å². The van der Waals surface area contributed by atoms with E-state index in [9.17, 15) is 4.79 Å². The van der Waals surface area contributed by atoms with E-state index in [4.69, 9.17) is 46.0 Å². The SMILES string of the molecule is C#CCOc1cc(-n2nc3n(c2=O)CCCC3)c(Cl)cc1Cl.CCNc1nc(Cl)nc(NCC)n1. The number of halogens is 3. The Morgan fingerprint density at radius 3 is 2.34 bits per heavy atom. The van der Waals surface area contributed by atoms with Gasteiger partial charge in [-0.3, -0.25) is 4.57 Å². The van der Waals surface area contributed by atoms with Gasteiger partial charge in [-0.15, -0.1) is 11.5 Å². The van der Waals surface area contributed by atoms with Gasteiger partial charge in [0.15, 0.2) is 0 Å². The van der Waals surface area contributed by atoms with Crippen LogP contribution >= 0.6 is 34.8 Å². The van der Waals surface area contributed by atoms with Crippen molar-refractivity contribution in [3.05, 3.63) is 43.8 Å². The molecule has 0 spiro atoms. The van der Waals surface area contributed by atoms with Crippen LogP contribution < -0.4 is 21.1 Å². The van der Waals surface area contributed by atoms with Gasteiger partial charge in [-0.05, 0) is 44.4 Å². The second-order valence-corrected chi connectivity index (χ2v) is 8.41. The molecule has 2 N–H and O–H groups in total. The monoisotopic (exact) mass is 538 g/mol. The summed E-state index contributed by atoms with van der Waals surface area (Å²) >= 11 is 18.0. The molecule has 1 aliphatic heterocycles. The van der Waals surface area contributed by atoms with Crippen molar-refractivity contribution in [3.63, 3.8) is 0 Å². The molecule has 0 saturated carbocycles. The number of fused-ring (bicyclic) bond motifs is 1. The highest BCUT2D eigenvalue weighted by atomic mass is 35.5. The van der Waals surface area contributed by atoms with Crippen molar-refractivity contribution in [2.24, 2.45) is 0 Å². The van der Waals surface area contributed by atoms with Gasteiger partial charge in [0.25, 0.3) is 0 Å². The van der Waals surface area contributed by atoms with Gasteiger partial charge in [0, 0.05) is 32.1 Å². The van der Waals surface area contributed by atoms with E-state index in [1.54, 1.807) is 10.6 Å². The maximum absolute atomic E-state index is 12.5. The third-order valence-corrected chi connectivity index (χ3v) is 5.56. The first-order valence-corrected chi connectivity index (χ1v) is 12.1. The van der Waals surface area contributed by atoms with Crippen molar-refractivity contribution in [1.29, 1.82) is 0 Å². The summed E-state index contributed by atoms with van der Waals surface area (Å²) < 4.78 is 8.34. The van der Waals surface area contributed by atoms with Gasteiger partial charge in [-0.2, -0.15) is 19.6 Å². The number of benzene rings is 1. The number of hydrogen-bond donors (Lipinski definition) is 2. The average molecular weight is 540 g/mol. The lowest BCUT2D eigenvalue weighted by Gasteiger charge is -2.09. The van der Waals surface area contributed by atoms with Crippen LogP contribution in [0.1, 0.15) is 32.5 Å². The van der Waals surface area contributed by atoms with E-state index in [0.717, 1.165) is 38.2 Å². The first kappa shape index (κ1) is 26.6. The van der Waals surface area contributed by atoms with Gasteiger partial charge in [0.2, 0.25) is 17.2 Å². The lowest BCUT2D eigenvalue weighted by atomic mass is 10.2. The minimum Gasteiger partial charge on any atom is -0.479 e. The first-order valence-electron chi connectivity index (χ1n) is 11.0. The van der Waals surface area contributed by atoms with Crippen LogP contribution in [0.4, 0.5) is 11.9 Å². The fourth-order valence-electron chi connectivity index (χ4n) is 3.29. The molecule has 1 aliphatic rings. The van der Waals surface area contributed by atoms with Crippen LogP contribution in [-0.4, -0.2) is 49.0 Å². The minimum atomic E-state index is -0.207. The smallest absolute Gasteiger partial charge is 0.350 e. The number of ether oxygens (including phenoxy) is 1. The largest absolute Gasteiger partial charge is 0.479 e. The Hall–Kier alpha value is -3.00. The summed E-state index contributed by atoms with van der Waals surface area (Å²) in [5.74, 6) is 4.51. The molecule has 3 heterocycles. The van der Waals surface area contributed by atoms with Crippen molar-refractivity contribution in [2.45, 2.75) is 39.7 Å². The molecule has 1 aromatic carbocycles. The fourth-order valence-corrected chi connectivity index (χ4v) is 3.97. The van der Waals surface area contributed by atoms with E-state index in [1.165, 1.54) is 10.7 Å². The Morgan fingerprint density at radius 2 is 1.74 bits per heavy atom. The Labute approximate surface area is 218 Å². The molecule has 35 heavy (non-hydrogen) atoms. The Bertz CT molecular complexity index is 1240. The zero-order valence-electron chi connectivity index (χ0n) is 19.3. The van der Waals surface area contributed by atoms with Gasteiger partial charge in [0.1, 0.15) is 18.2 Å². The third kappa shape index (κ3) is 6.78. The second-order valence-electron chi connectivity index (χ2n) is 7.26. The van der Waals surface area contributed by atoms with Crippen molar-refractivity contribution in [2.75, 3.05) is 30.3 Å². The first-order chi connectivity index (χ1) is 16.9. The lowest BCUT2D eigenvalue weighted by molar-refractivity contribution is 0.370. The van der Waals surface area contributed by atoms with Gasteiger partial charge >= 0.3 is 5.69 Å². The standard InChI is InChI=1S/C15H13Cl2N3O2.C7H12ClN5/c1-2-7-22-13-9-12(10(16)8-11(13)17)20-15(21)19-6-4-3-5-14(19)18-20;1-3-9-6-11-5(8)12-7(13-6)10-4-2/h1,8-9H,3-7H2;3-4H2,1-2H3,(H2,9,10,11,12,13). The summed E-state index contributed by atoms with van der Waals surface area (Å²) in [5.41, 5.74) is 0.229. The Balaban J connectivity index is 0.000000225. The minimum absolute atomic E-state index is 0.0788. The van der Waals surface area contributed by atoms with Crippen LogP contribution in [0.2, 0.25) is 15.3 Å². The predicted molar refractivity (Wildman–Crippen MR) is 138 cm³/mol. The molecule has 0 saturated heterocycles. The number of rotatable bonds is 7. The Morgan fingerprint density at radius 1 is 1.06 bits per heavy atom. The van der Waals surface area contributed by atoms with Crippen LogP contribution in [0.25, 0.3) is 5.69 Å². The molecule has 0 bridgehead atoms. The van der Waals surface area contributed by atoms with Gasteiger partial charge in [0.05, 0.1) is 15.7 Å². The van der Waals surface area contributed by atoms with Crippen LogP contribution in [-0.2, 0) is 13.0 Å². The molecule has 0 aliphatic carbocycles.